The molecule has 0 aliphatic carbocycles. The molecule has 2 aromatic heterocycles. The summed E-state index contributed by atoms with van der Waals surface area (Å²) in [5.41, 5.74) is -1.51. The van der Waals surface area contributed by atoms with Crippen LogP contribution in [0.3, 0.4) is 0 Å². The number of hydrogen-bond acceptors (Lipinski definition) is 10. The molecule has 0 radical (unpaired) electrons. The van der Waals surface area contributed by atoms with Gasteiger partial charge in [-0.3, -0.25) is 13.9 Å². The minimum Gasteiger partial charge on any atom is -0.468 e. The Balaban J connectivity index is 1.68. The molecular weight excluding hydrogens is 542 g/mol. The Bertz CT molecular complexity index is 1380. The summed E-state index contributed by atoms with van der Waals surface area (Å²) in [5, 5.41) is 13.8. The molecule has 2 N–H and O–H groups in total. The van der Waals surface area contributed by atoms with E-state index in [4.69, 9.17) is 14.0 Å². The molecule has 1 aliphatic rings. The number of ether oxygens (including phenoxy) is 2. The van der Waals surface area contributed by atoms with E-state index in [2.05, 4.69) is 20.0 Å². The molecule has 1 saturated heterocycles. The van der Waals surface area contributed by atoms with Crippen molar-refractivity contribution in [1.29, 1.82) is 0 Å². The van der Waals surface area contributed by atoms with Crippen LogP contribution in [0.2, 0.25) is 0 Å². The van der Waals surface area contributed by atoms with Gasteiger partial charge in [-0.1, -0.05) is 18.2 Å². The summed E-state index contributed by atoms with van der Waals surface area (Å²) >= 11 is 0. The number of methoxy groups -OCH3 is 1. The standard InChI is InChI=1S/C26H36FN6O6P/c1-7-32(8-2)22-20-23(30-17(4)29-22)33(15-28-20)25-26(5,27)21(34)19(38-25)14-40(36,31-16(3)24(35)37-6)39-18-12-10-9-11-13-18/h9-13,15-16,19,21,25,34H,7-8,14H2,1-6H3,(H,31,36)/t16-,19+,21+,25+,26+,40?/m0/s1. The fourth-order valence-electron chi connectivity index (χ4n) is 4.82. The Morgan fingerprint density at radius 1 is 1.30 bits per heavy atom. The number of anilines is 1. The number of nitrogens with one attached hydrogen (secondary N) is 1. The summed E-state index contributed by atoms with van der Waals surface area (Å²) in [4.78, 5) is 27.6. The summed E-state index contributed by atoms with van der Waals surface area (Å²) in [6.45, 7) is 9.77. The minimum atomic E-state index is -3.96. The van der Waals surface area contributed by atoms with Crippen LogP contribution in [-0.2, 0) is 18.8 Å². The number of aryl methyl sites for hydroxylation is 1. The number of fused-ring (bicyclic) bond motifs is 1. The van der Waals surface area contributed by atoms with Crippen molar-refractivity contribution in [1.82, 2.24) is 24.6 Å². The van der Waals surface area contributed by atoms with Gasteiger partial charge in [0.1, 0.15) is 29.8 Å². The number of carbonyl (C=O) groups excluding carboxylic acids is 1. The third-order valence-corrected chi connectivity index (χ3v) is 9.04. The smallest absolute Gasteiger partial charge is 0.323 e. The molecule has 1 unspecified atom stereocenters. The number of halogens is 1. The van der Waals surface area contributed by atoms with E-state index in [1.165, 1.54) is 31.9 Å². The second kappa shape index (κ2) is 11.8. The molecule has 0 spiro atoms. The van der Waals surface area contributed by atoms with Crippen LogP contribution in [0, 0.1) is 6.92 Å². The molecule has 3 aromatic rings. The van der Waals surface area contributed by atoms with Gasteiger partial charge < -0.3 is 24.0 Å². The predicted octanol–water partition coefficient (Wildman–Crippen LogP) is 3.39. The van der Waals surface area contributed by atoms with Crippen molar-refractivity contribution in [3.8, 4) is 5.75 Å². The molecule has 40 heavy (non-hydrogen) atoms. The second-order valence-electron chi connectivity index (χ2n) is 9.85. The highest BCUT2D eigenvalue weighted by molar-refractivity contribution is 7.57. The Labute approximate surface area is 232 Å². The predicted molar refractivity (Wildman–Crippen MR) is 147 cm³/mol. The van der Waals surface area contributed by atoms with E-state index in [0.717, 1.165) is 0 Å². The first-order chi connectivity index (χ1) is 18.9. The summed E-state index contributed by atoms with van der Waals surface area (Å²) in [5.74, 6) is 0.679. The minimum absolute atomic E-state index is 0.263. The molecule has 6 atom stereocenters. The maximum absolute atomic E-state index is 16.2. The van der Waals surface area contributed by atoms with Crippen molar-refractivity contribution in [2.75, 3.05) is 31.3 Å². The fourth-order valence-corrected chi connectivity index (χ4v) is 6.97. The number of imidazole rings is 1. The molecular formula is C26H36FN6O6P. The number of para-hydroxylation sites is 1. The molecule has 0 bridgehead atoms. The van der Waals surface area contributed by atoms with Gasteiger partial charge in [0.15, 0.2) is 28.9 Å². The van der Waals surface area contributed by atoms with Gasteiger partial charge in [0.2, 0.25) is 0 Å². The van der Waals surface area contributed by atoms with Crippen LogP contribution < -0.4 is 14.5 Å². The second-order valence-corrected chi connectivity index (χ2v) is 12.0. The molecule has 1 aromatic carbocycles. The third-order valence-electron chi connectivity index (χ3n) is 6.91. The lowest BCUT2D eigenvalue weighted by molar-refractivity contribution is -0.142. The number of esters is 1. The number of aliphatic hydroxyl groups excluding tert-OH is 1. The van der Waals surface area contributed by atoms with E-state index >= 15 is 4.39 Å². The highest BCUT2D eigenvalue weighted by Gasteiger charge is 2.57. The monoisotopic (exact) mass is 578 g/mol. The van der Waals surface area contributed by atoms with Crippen LogP contribution in [0.1, 0.15) is 39.7 Å². The van der Waals surface area contributed by atoms with Crippen molar-refractivity contribution in [3.63, 3.8) is 0 Å². The molecule has 12 nitrogen and oxygen atoms in total. The van der Waals surface area contributed by atoms with Crippen molar-refractivity contribution in [2.24, 2.45) is 0 Å². The average Bonchev–Trinajstić information content (AvgIpc) is 3.42. The fraction of sp³-hybridized carbons (Fsp3) is 0.538. The van der Waals surface area contributed by atoms with Gasteiger partial charge in [0.25, 0.3) is 0 Å². The third kappa shape index (κ3) is 5.83. The van der Waals surface area contributed by atoms with Gasteiger partial charge in [-0.25, -0.2) is 24.4 Å². The zero-order valence-corrected chi connectivity index (χ0v) is 24.3. The maximum Gasteiger partial charge on any atom is 0.323 e. The molecule has 1 fully saturated rings. The lowest BCUT2D eigenvalue weighted by atomic mass is 9.99. The van der Waals surface area contributed by atoms with Crippen LogP contribution in [-0.4, -0.2) is 80.9 Å². The number of aromatic nitrogens is 4. The average molecular weight is 579 g/mol. The van der Waals surface area contributed by atoms with Crippen molar-refractivity contribution in [3.05, 3.63) is 42.5 Å². The highest BCUT2D eigenvalue weighted by atomic mass is 31.2. The molecule has 3 heterocycles. The van der Waals surface area contributed by atoms with Crippen molar-refractivity contribution >= 4 is 30.5 Å². The van der Waals surface area contributed by atoms with Crippen LogP contribution in [0.15, 0.2) is 36.7 Å². The number of alkyl halides is 1. The van der Waals surface area contributed by atoms with Crippen LogP contribution in [0.4, 0.5) is 10.2 Å². The van der Waals surface area contributed by atoms with Gasteiger partial charge in [0.05, 0.1) is 19.6 Å². The molecule has 0 saturated carbocycles. The first kappa shape index (κ1) is 29.9. The Morgan fingerprint density at radius 3 is 2.60 bits per heavy atom. The van der Waals surface area contributed by atoms with E-state index < -0.39 is 49.8 Å². The van der Waals surface area contributed by atoms with Gasteiger partial charge in [-0.15, -0.1) is 0 Å². The zero-order chi connectivity index (χ0) is 29.2. The van der Waals surface area contributed by atoms with Crippen molar-refractivity contribution < 1.29 is 32.9 Å². The quantitative estimate of drug-likeness (QED) is 0.256. The molecule has 0 amide bonds. The van der Waals surface area contributed by atoms with E-state index in [1.54, 1.807) is 37.3 Å². The van der Waals surface area contributed by atoms with Crippen LogP contribution in [0.25, 0.3) is 11.2 Å². The Kier molecular flexibility index (Phi) is 8.79. The largest absolute Gasteiger partial charge is 0.468 e. The number of rotatable bonds is 11. The maximum atomic E-state index is 16.2. The topological polar surface area (TPSA) is 141 Å². The normalized spacial score (nSPS) is 24.9. The summed E-state index contributed by atoms with van der Waals surface area (Å²) < 4.78 is 48.3. The molecule has 218 valence electrons. The van der Waals surface area contributed by atoms with Gasteiger partial charge >= 0.3 is 13.5 Å². The van der Waals surface area contributed by atoms with E-state index in [-0.39, 0.29) is 5.75 Å². The number of aliphatic hydroxyl groups is 1. The lowest BCUT2D eigenvalue weighted by Gasteiger charge is -2.27. The van der Waals surface area contributed by atoms with Gasteiger partial charge in [-0.2, -0.15) is 0 Å². The lowest BCUT2D eigenvalue weighted by Crippen LogP contribution is -2.42. The molecule has 4 rings (SSSR count). The van der Waals surface area contributed by atoms with E-state index in [1.807, 2.05) is 18.7 Å². The van der Waals surface area contributed by atoms with Gasteiger partial charge in [-0.05, 0) is 46.8 Å². The summed E-state index contributed by atoms with van der Waals surface area (Å²) in [6, 6.07) is 7.33. The van der Waals surface area contributed by atoms with E-state index in [9.17, 15) is 14.5 Å². The number of benzene rings is 1. The first-order valence-corrected chi connectivity index (χ1v) is 14.9. The first-order valence-electron chi connectivity index (χ1n) is 13.1. The van der Waals surface area contributed by atoms with E-state index in [0.29, 0.717) is 35.9 Å². The highest BCUT2D eigenvalue weighted by Crippen LogP contribution is 2.50. The molecule has 1 aliphatic heterocycles. The van der Waals surface area contributed by atoms with Crippen LogP contribution >= 0.6 is 7.52 Å². The SMILES string of the molecule is CCN(CC)c1nc(C)nc2c1ncn2[C@@H]1O[C@H](CP(=O)(N[C@@H](C)C(=O)OC)Oc2ccccc2)[C@@H](O)[C@@]1(C)F. The van der Waals surface area contributed by atoms with Crippen LogP contribution in [0.5, 0.6) is 5.75 Å². The Hall–Kier alpha value is -3.12. The Morgan fingerprint density at radius 2 is 1.98 bits per heavy atom. The number of nitrogens with zero attached hydrogens (tertiary/aromatic N) is 5. The number of hydrogen-bond donors (Lipinski definition) is 2. The number of carbonyl (C=O) groups is 1. The zero-order valence-electron chi connectivity index (χ0n) is 23.4. The molecule has 14 heteroatoms. The van der Waals surface area contributed by atoms with Crippen molar-refractivity contribution in [2.45, 2.75) is 64.8 Å². The van der Waals surface area contributed by atoms with Gasteiger partial charge in [0, 0.05) is 13.1 Å². The summed E-state index contributed by atoms with van der Waals surface area (Å²) in [7, 11) is -2.75. The summed E-state index contributed by atoms with van der Waals surface area (Å²) in [6.07, 6.45) is -3.34.